The van der Waals surface area contributed by atoms with Gasteiger partial charge in [0.25, 0.3) is 0 Å². The molecule has 0 fully saturated rings. The Morgan fingerprint density at radius 3 is 1.84 bits per heavy atom. The van der Waals surface area contributed by atoms with Crippen molar-refractivity contribution in [1.82, 2.24) is 0 Å². The standard InChI is InChI=1S/C55H57BN2/c1-52(2,3)37-24-27-40(28-25-37)58-48-32-26-38(53(4,5)6)34-46(48)56-45-35-41(29-30-43(45)55(10,11)50-44(54(7,8)9)31-33-49(58)51(50)56)57(39-20-13-12-14-21-39)47-23-17-19-36-18-15-16-22-42(36)47/h12-35H,1-11H3. The lowest BCUT2D eigenvalue weighted by Gasteiger charge is -2.48. The zero-order valence-electron chi connectivity index (χ0n) is 36.3. The molecule has 0 spiro atoms. The van der Waals surface area contributed by atoms with Crippen LogP contribution in [0, 0.1) is 0 Å². The molecule has 0 unspecified atom stereocenters. The number of hydrogen-bond donors (Lipinski definition) is 0. The Labute approximate surface area is 347 Å². The minimum Gasteiger partial charge on any atom is -0.312 e. The smallest absolute Gasteiger partial charge is 0.247 e. The van der Waals surface area contributed by atoms with Gasteiger partial charge in [0, 0.05) is 39.2 Å². The van der Waals surface area contributed by atoms with E-state index in [1.165, 1.54) is 83.4 Å². The van der Waals surface area contributed by atoms with Crippen LogP contribution in [0.3, 0.4) is 0 Å². The molecule has 2 aliphatic rings. The molecule has 0 aliphatic carbocycles. The number of rotatable bonds is 4. The summed E-state index contributed by atoms with van der Waals surface area (Å²) in [6.07, 6.45) is 0. The zero-order valence-corrected chi connectivity index (χ0v) is 36.3. The van der Waals surface area contributed by atoms with Crippen LogP contribution in [0.1, 0.15) is 104 Å². The van der Waals surface area contributed by atoms with Gasteiger partial charge in [-0.05, 0) is 115 Å². The highest BCUT2D eigenvalue weighted by atomic mass is 15.2. The first-order valence-corrected chi connectivity index (χ1v) is 21.1. The van der Waals surface area contributed by atoms with E-state index < -0.39 is 0 Å². The summed E-state index contributed by atoms with van der Waals surface area (Å²) in [5.41, 5.74) is 18.2. The molecule has 0 amide bonds. The van der Waals surface area contributed by atoms with Crippen LogP contribution in [0.4, 0.5) is 34.1 Å². The topological polar surface area (TPSA) is 6.48 Å². The number of anilines is 6. The average molecular weight is 757 g/mol. The molecule has 7 aromatic rings. The Hall–Kier alpha value is -5.54. The van der Waals surface area contributed by atoms with Crippen LogP contribution in [0.5, 0.6) is 0 Å². The van der Waals surface area contributed by atoms with Crippen molar-refractivity contribution < 1.29 is 0 Å². The molecule has 9 rings (SSSR count). The van der Waals surface area contributed by atoms with Crippen LogP contribution < -0.4 is 26.2 Å². The molecule has 0 aromatic heterocycles. The predicted molar refractivity (Wildman–Crippen MR) is 253 cm³/mol. The van der Waals surface area contributed by atoms with Gasteiger partial charge >= 0.3 is 0 Å². The van der Waals surface area contributed by atoms with Gasteiger partial charge in [-0.25, -0.2) is 0 Å². The molecule has 290 valence electrons. The Morgan fingerprint density at radius 2 is 1.16 bits per heavy atom. The van der Waals surface area contributed by atoms with Gasteiger partial charge in [-0.2, -0.15) is 0 Å². The fourth-order valence-corrected chi connectivity index (χ4v) is 9.89. The first-order valence-electron chi connectivity index (χ1n) is 21.1. The van der Waals surface area contributed by atoms with Gasteiger partial charge in [0.05, 0.1) is 5.69 Å². The van der Waals surface area contributed by atoms with Crippen LogP contribution in [-0.2, 0) is 21.7 Å². The summed E-state index contributed by atoms with van der Waals surface area (Å²) in [6, 6.07) is 55.2. The lowest BCUT2D eigenvalue weighted by molar-refractivity contribution is 0.552. The summed E-state index contributed by atoms with van der Waals surface area (Å²) in [5, 5.41) is 2.47. The number of nitrogens with zero attached hydrogens (tertiary/aromatic N) is 2. The molecule has 2 aliphatic heterocycles. The molecule has 0 atom stereocenters. The molecule has 58 heavy (non-hydrogen) atoms. The van der Waals surface area contributed by atoms with Gasteiger partial charge in [-0.3, -0.25) is 0 Å². The summed E-state index contributed by atoms with van der Waals surface area (Å²) >= 11 is 0. The Kier molecular flexibility index (Phi) is 8.68. The molecule has 3 heteroatoms. The summed E-state index contributed by atoms with van der Waals surface area (Å²) in [6.45, 7) is 26.0. The summed E-state index contributed by atoms with van der Waals surface area (Å²) in [7, 11) is 0. The van der Waals surface area contributed by atoms with Crippen molar-refractivity contribution in [2.24, 2.45) is 0 Å². The highest BCUT2D eigenvalue weighted by molar-refractivity contribution is 6.99. The summed E-state index contributed by atoms with van der Waals surface area (Å²) in [5.74, 6) is 0. The predicted octanol–water partition coefficient (Wildman–Crippen LogP) is 13.1. The van der Waals surface area contributed by atoms with Crippen molar-refractivity contribution in [1.29, 1.82) is 0 Å². The number of benzene rings is 7. The molecule has 2 heterocycles. The van der Waals surface area contributed by atoms with Gasteiger partial charge in [0.1, 0.15) is 0 Å². The van der Waals surface area contributed by atoms with Gasteiger partial charge in [-0.1, -0.05) is 173 Å². The number of para-hydroxylation sites is 1. The van der Waals surface area contributed by atoms with E-state index in [4.69, 9.17) is 0 Å². The molecule has 0 bridgehead atoms. The van der Waals surface area contributed by atoms with Gasteiger partial charge in [0.15, 0.2) is 0 Å². The number of hydrogen-bond acceptors (Lipinski definition) is 2. The second kappa shape index (κ2) is 13.2. The van der Waals surface area contributed by atoms with Crippen molar-refractivity contribution in [3.8, 4) is 0 Å². The highest BCUT2D eigenvalue weighted by Crippen LogP contribution is 2.48. The van der Waals surface area contributed by atoms with Crippen LogP contribution in [0.15, 0.2) is 146 Å². The molecule has 0 radical (unpaired) electrons. The third kappa shape index (κ3) is 6.08. The average Bonchev–Trinajstić information content (AvgIpc) is 3.18. The van der Waals surface area contributed by atoms with E-state index >= 15 is 0 Å². The van der Waals surface area contributed by atoms with Crippen molar-refractivity contribution in [2.45, 2.75) is 97.8 Å². The van der Waals surface area contributed by atoms with Crippen molar-refractivity contribution >= 4 is 68.0 Å². The number of fused-ring (bicyclic) bond motifs is 5. The maximum absolute atomic E-state index is 2.56. The van der Waals surface area contributed by atoms with Crippen LogP contribution >= 0.6 is 0 Å². The molecular formula is C55H57BN2. The van der Waals surface area contributed by atoms with E-state index in [1.807, 2.05) is 0 Å². The third-order valence-corrected chi connectivity index (χ3v) is 12.9. The van der Waals surface area contributed by atoms with E-state index in [0.29, 0.717) is 0 Å². The maximum atomic E-state index is 2.56. The second-order valence-corrected chi connectivity index (χ2v) is 20.3. The Morgan fingerprint density at radius 1 is 0.517 bits per heavy atom. The first kappa shape index (κ1) is 38.0. The fourth-order valence-electron chi connectivity index (χ4n) is 9.89. The normalized spacial score (nSPS) is 14.5. The third-order valence-electron chi connectivity index (χ3n) is 12.9. The summed E-state index contributed by atoms with van der Waals surface area (Å²) in [4.78, 5) is 5.03. The Bertz CT molecular complexity index is 2700. The van der Waals surface area contributed by atoms with Crippen molar-refractivity contribution in [3.05, 3.63) is 173 Å². The largest absolute Gasteiger partial charge is 0.312 e. The van der Waals surface area contributed by atoms with Crippen molar-refractivity contribution in [3.63, 3.8) is 0 Å². The van der Waals surface area contributed by atoms with E-state index in [2.05, 4.69) is 232 Å². The summed E-state index contributed by atoms with van der Waals surface area (Å²) < 4.78 is 0. The van der Waals surface area contributed by atoms with Gasteiger partial charge in [0.2, 0.25) is 6.71 Å². The maximum Gasteiger partial charge on any atom is 0.247 e. The SMILES string of the molecule is CC(C)(C)c1ccc(N2c3ccc(C(C)(C)C)cc3B3c4cc(N(c5ccccc5)c5cccc6ccccc56)ccc4C(C)(C)c4c(C(C)(C)C)ccc2c43)cc1. The highest BCUT2D eigenvalue weighted by Gasteiger charge is 2.48. The van der Waals surface area contributed by atoms with Gasteiger partial charge < -0.3 is 9.80 Å². The minimum absolute atomic E-state index is 0.0122. The minimum atomic E-state index is -0.254. The van der Waals surface area contributed by atoms with Crippen molar-refractivity contribution in [2.75, 3.05) is 9.80 Å². The molecule has 0 saturated carbocycles. The zero-order chi connectivity index (χ0) is 40.9. The molecule has 2 nitrogen and oxygen atoms in total. The van der Waals surface area contributed by atoms with E-state index in [0.717, 1.165) is 5.69 Å². The molecule has 0 saturated heterocycles. The Balaban J connectivity index is 1.36. The quantitative estimate of drug-likeness (QED) is 0.165. The van der Waals surface area contributed by atoms with Crippen LogP contribution in [0.25, 0.3) is 10.8 Å². The monoisotopic (exact) mass is 756 g/mol. The fraction of sp³-hybridized carbons (Fsp3) is 0.273. The molecular weight excluding hydrogens is 699 g/mol. The lowest BCUT2D eigenvalue weighted by Crippen LogP contribution is -2.64. The lowest BCUT2D eigenvalue weighted by atomic mass is 9.29. The van der Waals surface area contributed by atoms with E-state index in [9.17, 15) is 0 Å². The molecule has 0 N–H and O–H groups in total. The van der Waals surface area contributed by atoms with E-state index in [1.54, 1.807) is 0 Å². The molecule has 7 aromatic carbocycles. The van der Waals surface area contributed by atoms with Crippen LogP contribution in [-0.4, -0.2) is 6.71 Å². The van der Waals surface area contributed by atoms with E-state index in [-0.39, 0.29) is 28.4 Å². The first-order chi connectivity index (χ1) is 27.4. The van der Waals surface area contributed by atoms with Gasteiger partial charge in [-0.15, -0.1) is 0 Å². The second-order valence-electron chi connectivity index (χ2n) is 20.3. The van der Waals surface area contributed by atoms with Crippen LogP contribution in [0.2, 0.25) is 0 Å².